The first-order valence-corrected chi connectivity index (χ1v) is 15.5. The molecule has 4 aliphatic rings. The van der Waals surface area contributed by atoms with Gasteiger partial charge in [-0.05, 0) is 93.2 Å². The third-order valence-electron chi connectivity index (χ3n) is 9.75. The van der Waals surface area contributed by atoms with E-state index in [1.54, 1.807) is 0 Å². The SMILES string of the molecule is NC1=Nc2ccc3cc2CN1[C@H](C1CCCCC1)CCC(=O)N(C1CCC(C(=O)O)CC1)CCc1cccc(c1)O3. The molecule has 2 aliphatic heterocycles. The smallest absolute Gasteiger partial charge is 0.306 e. The van der Waals surface area contributed by atoms with Crippen LogP contribution in [0.25, 0.3) is 0 Å². The summed E-state index contributed by atoms with van der Waals surface area (Å²) < 4.78 is 6.31. The summed E-state index contributed by atoms with van der Waals surface area (Å²) in [7, 11) is 0. The number of ether oxygens (including phenoxy) is 1. The highest BCUT2D eigenvalue weighted by molar-refractivity contribution is 5.84. The number of carboxylic acid groups (broad SMARTS) is 1. The lowest BCUT2D eigenvalue weighted by Gasteiger charge is -2.42. The molecule has 5 bridgehead atoms. The Hall–Kier alpha value is -3.55. The molecule has 2 aliphatic carbocycles. The van der Waals surface area contributed by atoms with E-state index in [0.29, 0.717) is 44.2 Å². The Bertz CT molecular complexity index is 1300. The van der Waals surface area contributed by atoms with Gasteiger partial charge in [-0.15, -0.1) is 0 Å². The number of hydrogen-bond donors (Lipinski definition) is 2. The van der Waals surface area contributed by atoms with Crippen LogP contribution in [0.5, 0.6) is 11.5 Å². The summed E-state index contributed by atoms with van der Waals surface area (Å²) in [5.74, 6) is 1.70. The first kappa shape index (κ1) is 27.6. The Morgan fingerprint density at radius 3 is 2.46 bits per heavy atom. The number of fused-ring (bicyclic) bond motifs is 4. The van der Waals surface area contributed by atoms with Crippen LogP contribution in [0.3, 0.4) is 0 Å². The summed E-state index contributed by atoms with van der Waals surface area (Å²) >= 11 is 0. The zero-order chi connectivity index (χ0) is 28.3. The van der Waals surface area contributed by atoms with Gasteiger partial charge in [0.2, 0.25) is 5.91 Å². The van der Waals surface area contributed by atoms with Crippen molar-refractivity contribution in [2.45, 2.75) is 95.7 Å². The van der Waals surface area contributed by atoms with Crippen LogP contribution in [0.15, 0.2) is 47.5 Å². The minimum atomic E-state index is -0.719. The molecule has 8 heteroatoms. The molecule has 0 saturated heterocycles. The Labute approximate surface area is 242 Å². The van der Waals surface area contributed by atoms with Crippen molar-refractivity contribution in [3.8, 4) is 11.5 Å². The van der Waals surface area contributed by atoms with E-state index < -0.39 is 5.97 Å². The third kappa shape index (κ3) is 6.21. The maximum atomic E-state index is 14.0. The fourth-order valence-corrected chi connectivity index (χ4v) is 7.48. The fraction of sp³-hybridized carbons (Fsp3) is 0.545. The van der Waals surface area contributed by atoms with Gasteiger partial charge in [-0.3, -0.25) is 9.59 Å². The van der Waals surface area contributed by atoms with Gasteiger partial charge >= 0.3 is 5.97 Å². The number of carboxylic acids is 1. The van der Waals surface area contributed by atoms with Gasteiger partial charge in [-0.1, -0.05) is 31.4 Å². The summed E-state index contributed by atoms with van der Waals surface area (Å²) in [5, 5.41) is 9.52. The van der Waals surface area contributed by atoms with E-state index in [2.05, 4.69) is 28.0 Å². The lowest BCUT2D eigenvalue weighted by Crippen LogP contribution is -2.50. The molecular weight excluding hydrogens is 516 g/mol. The first-order valence-electron chi connectivity index (χ1n) is 15.5. The number of benzene rings is 2. The van der Waals surface area contributed by atoms with E-state index >= 15 is 0 Å². The second kappa shape index (κ2) is 12.1. The second-order valence-corrected chi connectivity index (χ2v) is 12.3. The molecule has 6 rings (SSSR count). The van der Waals surface area contributed by atoms with Crippen LogP contribution in [-0.4, -0.2) is 51.4 Å². The summed E-state index contributed by atoms with van der Waals surface area (Å²) in [4.78, 5) is 34.7. The number of carbonyl (C=O) groups is 2. The minimum Gasteiger partial charge on any atom is -0.481 e. The zero-order valence-electron chi connectivity index (χ0n) is 23.8. The van der Waals surface area contributed by atoms with Gasteiger partial charge in [-0.2, -0.15) is 0 Å². The van der Waals surface area contributed by atoms with Crippen molar-refractivity contribution in [3.63, 3.8) is 0 Å². The summed E-state index contributed by atoms with van der Waals surface area (Å²) in [6.45, 7) is 1.27. The number of aliphatic carboxylic acids is 1. The number of aliphatic imine (C=N–C) groups is 1. The maximum Gasteiger partial charge on any atom is 0.306 e. The summed E-state index contributed by atoms with van der Waals surface area (Å²) in [5.41, 5.74) is 9.70. The highest BCUT2D eigenvalue weighted by Crippen LogP contribution is 2.37. The van der Waals surface area contributed by atoms with E-state index in [0.717, 1.165) is 66.8 Å². The second-order valence-electron chi connectivity index (χ2n) is 12.3. The molecule has 2 heterocycles. The predicted molar refractivity (Wildman–Crippen MR) is 158 cm³/mol. The standard InChI is InChI=1S/C33H42N4O4/c34-33-35-29-14-13-28-20-25(29)21-37(33)30(23-6-2-1-3-7-23)15-16-31(38)36(26-11-9-24(10-12-26)32(39)40)18-17-22-5-4-8-27(19-22)41-28/h4-5,8,13-14,19-20,23-24,26,30H,1-3,6-7,9-12,15-18,21H2,(H2,34,35)(H,39,40)/t24?,26?,30-/m0/s1. The van der Waals surface area contributed by atoms with Crippen LogP contribution in [-0.2, 0) is 22.6 Å². The monoisotopic (exact) mass is 558 g/mol. The largest absolute Gasteiger partial charge is 0.481 e. The quantitative estimate of drug-likeness (QED) is 0.479. The number of amides is 1. The molecule has 0 spiro atoms. The van der Waals surface area contributed by atoms with Crippen LogP contribution < -0.4 is 10.5 Å². The Balaban J connectivity index is 1.32. The summed E-state index contributed by atoms with van der Waals surface area (Å²) in [6, 6.07) is 14.3. The average molecular weight is 559 g/mol. The van der Waals surface area contributed by atoms with Crippen LogP contribution >= 0.6 is 0 Å². The molecule has 41 heavy (non-hydrogen) atoms. The zero-order valence-corrected chi connectivity index (χ0v) is 23.8. The van der Waals surface area contributed by atoms with E-state index in [-0.39, 0.29) is 23.9 Å². The van der Waals surface area contributed by atoms with Crippen LogP contribution in [0.4, 0.5) is 5.69 Å². The molecule has 0 unspecified atom stereocenters. The molecule has 0 radical (unpaired) electrons. The van der Waals surface area contributed by atoms with Crippen LogP contribution in [0.1, 0.15) is 81.8 Å². The minimum absolute atomic E-state index is 0.0773. The van der Waals surface area contributed by atoms with Crippen molar-refractivity contribution in [1.82, 2.24) is 9.80 Å². The van der Waals surface area contributed by atoms with E-state index in [1.165, 1.54) is 19.3 Å². The van der Waals surface area contributed by atoms with Gasteiger partial charge in [0.25, 0.3) is 0 Å². The molecule has 1 amide bonds. The molecular formula is C33H42N4O4. The lowest BCUT2D eigenvalue weighted by atomic mass is 9.81. The number of rotatable bonds is 3. The van der Waals surface area contributed by atoms with Crippen molar-refractivity contribution in [3.05, 3.63) is 53.6 Å². The number of nitrogens with zero attached hydrogens (tertiary/aromatic N) is 3. The van der Waals surface area contributed by atoms with Gasteiger partial charge in [0.1, 0.15) is 11.5 Å². The summed E-state index contributed by atoms with van der Waals surface area (Å²) in [6.07, 6.45) is 10.6. The highest BCUT2D eigenvalue weighted by atomic mass is 16.5. The normalized spacial score (nSPS) is 25.9. The van der Waals surface area contributed by atoms with Crippen molar-refractivity contribution in [2.75, 3.05) is 6.54 Å². The van der Waals surface area contributed by atoms with Crippen LogP contribution in [0, 0.1) is 11.8 Å². The van der Waals surface area contributed by atoms with Gasteiger partial charge in [0.15, 0.2) is 5.96 Å². The molecule has 218 valence electrons. The van der Waals surface area contributed by atoms with Crippen molar-refractivity contribution in [1.29, 1.82) is 0 Å². The third-order valence-corrected chi connectivity index (χ3v) is 9.75. The van der Waals surface area contributed by atoms with Crippen LogP contribution in [0.2, 0.25) is 0 Å². The number of hydrogen-bond acceptors (Lipinski definition) is 6. The highest BCUT2D eigenvalue weighted by Gasteiger charge is 2.35. The molecule has 2 fully saturated rings. The van der Waals surface area contributed by atoms with E-state index in [9.17, 15) is 14.7 Å². The number of guanidine groups is 1. The molecule has 0 aromatic heterocycles. The molecule has 8 nitrogen and oxygen atoms in total. The molecule has 2 saturated carbocycles. The molecule has 3 N–H and O–H groups in total. The van der Waals surface area contributed by atoms with Gasteiger partial charge in [0.05, 0.1) is 11.6 Å². The molecule has 2 aromatic carbocycles. The first-order chi connectivity index (χ1) is 19.9. The molecule has 2 aromatic rings. The maximum absolute atomic E-state index is 14.0. The van der Waals surface area contributed by atoms with Crippen molar-refractivity contribution in [2.24, 2.45) is 22.6 Å². The molecule has 1 atom stereocenters. The van der Waals surface area contributed by atoms with Gasteiger partial charge < -0.3 is 25.4 Å². The Morgan fingerprint density at radius 2 is 1.68 bits per heavy atom. The number of carbonyl (C=O) groups excluding carboxylic acids is 1. The van der Waals surface area contributed by atoms with Crippen molar-refractivity contribution >= 4 is 23.5 Å². The topological polar surface area (TPSA) is 108 Å². The van der Waals surface area contributed by atoms with Gasteiger partial charge in [-0.25, -0.2) is 4.99 Å². The lowest BCUT2D eigenvalue weighted by molar-refractivity contribution is -0.143. The fourth-order valence-electron chi connectivity index (χ4n) is 7.48. The predicted octanol–water partition coefficient (Wildman–Crippen LogP) is 6.00. The Kier molecular flexibility index (Phi) is 8.17. The average Bonchev–Trinajstić information content (AvgIpc) is 2.98. The number of nitrogens with two attached hydrogens (primary N) is 1. The van der Waals surface area contributed by atoms with E-state index in [4.69, 9.17) is 15.5 Å². The van der Waals surface area contributed by atoms with Gasteiger partial charge in [0, 0.05) is 37.2 Å². The van der Waals surface area contributed by atoms with E-state index in [1.807, 2.05) is 24.3 Å². The van der Waals surface area contributed by atoms with Crippen molar-refractivity contribution < 1.29 is 19.4 Å². The Morgan fingerprint density at radius 1 is 0.902 bits per heavy atom.